The SMILES string of the molecule is CCCCOC(=O)c1ccc(NC(=S)Nc2cc(Cl)ccc2Cl)cc1. The zero-order valence-corrected chi connectivity index (χ0v) is 16.0. The number of rotatable bonds is 6. The molecule has 0 aliphatic heterocycles. The number of carbonyl (C=O) groups is 1. The zero-order chi connectivity index (χ0) is 18.2. The quantitative estimate of drug-likeness (QED) is 0.369. The lowest BCUT2D eigenvalue weighted by atomic mass is 10.2. The van der Waals surface area contributed by atoms with E-state index in [1.165, 1.54) is 0 Å². The molecule has 132 valence electrons. The second-order valence-electron chi connectivity index (χ2n) is 5.27. The van der Waals surface area contributed by atoms with E-state index in [4.69, 9.17) is 40.2 Å². The maximum atomic E-state index is 11.9. The summed E-state index contributed by atoms with van der Waals surface area (Å²) in [5.41, 5.74) is 1.85. The highest BCUT2D eigenvalue weighted by Crippen LogP contribution is 2.25. The second kappa shape index (κ2) is 9.61. The highest BCUT2D eigenvalue weighted by Gasteiger charge is 2.08. The van der Waals surface area contributed by atoms with Crippen molar-refractivity contribution < 1.29 is 9.53 Å². The van der Waals surface area contributed by atoms with Gasteiger partial charge in [0.05, 0.1) is 22.9 Å². The Bertz CT molecular complexity index is 751. The van der Waals surface area contributed by atoms with Crippen molar-refractivity contribution in [1.82, 2.24) is 0 Å². The van der Waals surface area contributed by atoms with Gasteiger partial charge in [0.1, 0.15) is 0 Å². The van der Waals surface area contributed by atoms with E-state index in [1.807, 2.05) is 6.92 Å². The fourth-order valence-electron chi connectivity index (χ4n) is 1.96. The van der Waals surface area contributed by atoms with Crippen LogP contribution in [0.2, 0.25) is 10.0 Å². The molecule has 0 fully saturated rings. The predicted molar refractivity (Wildman–Crippen MR) is 108 cm³/mol. The summed E-state index contributed by atoms with van der Waals surface area (Å²) in [4.78, 5) is 11.9. The smallest absolute Gasteiger partial charge is 0.338 e. The monoisotopic (exact) mass is 396 g/mol. The fraction of sp³-hybridized carbons (Fsp3) is 0.222. The molecule has 0 aliphatic carbocycles. The molecular formula is C18H18Cl2N2O2S. The Morgan fingerprint density at radius 2 is 1.84 bits per heavy atom. The van der Waals surface area contributed by atoms with E-state index in [0.29, 0.717) is 33.0 Å². The van der Waals surface area contributed by atoms with Crippen LogP contribution in [0, 0.1) is 0 Å². The summed E-state index contributed by atoms with van der Waals surface area (Å²) < 4.78 is 5.17. The molecule has 0 atom stereocenters. The van der Waals surface area contributed by atoms with Crippen LogP contribution in [-0.4, -0.2) is 17.7 Å². The molecule has 25 heavy (non-hydrogen) atoms. The Hall–Kier alpha value is -1.82. The van der Waals surface area contributed by atoms with Crippen molar-refractivity contribution in [2.24, 2.45) is 0 Å². The van der Waals surface area contributed by atoms with Crippen molar-refractivity contribution in [2.75, 3.05) is 17.2 Å². The van der Waals surface area contributed by atoms with Crippen LogP contribution >= 0.6 is 35.4 Å². The lowest BCUT2D eigenvalue weighted by Crippen LogP contribution is -2.19. The molecule has 0 spiro atoms. The normalized spacial score (nSPS) is 10.2. The number of hydrogen-bond acceptors (Lipinski definition) is 3. The Kier molecular flexibility index (Phi) is 7.50. The van der Waals surface area contributed by atoms with Crippen LogP contribution in [0.25, 0.3) is 0 Å². The van der Waals surface area contributed by atoms with Crippen LogP contribution in [0.1, 0.15) is 30.1 Å². The first kappa shape index (κ1) is 19.5. The molecular weight excluding hydrogens is 379 g/mol. The molecule has 7 heteroatoms. The summed E-state index contributed by atoms with van der Waals surface area (Å²) in [5.74, 6) is -0.327. The molecule has 0 bridgehead atoms. The lowest BCUT2D eigenvalue weighted by molar-refractivity contribution is 0.0500. The van der Waals surface area contributed by atoms with Crippen molar-refractivity contribution in [1.29, 1.82) is 0 Å². The number of benzene rings is 2. The predicted octanol–water partition coefficient (Wildman–Crippen LogP) is 5.76. The largest absolute Gasteiger partial charge is 0.462 e. The van der Waals surface area contributed by atoms with E-state index < -0.39 is 0 Å². The maximum absolute atomic E-state index is 11.9. The van der Waals surface area contributed by atoms with Gasteiger partial charge < -0.3 is 15.4 Å². The standard InChI is InChI=1S/C18H18Cl2N2O2S/c1-2-3-10-24-17(23)12-4-7-14(8-5-12)21-18(25)22-16-11-13(19)6-9-15(16)20/h4-9,11H,2-3,10H2,1H3,(H2,21,22,25). The minimum atomic E-state index is -0.327. The Balaban J connectivity index is 1.93. The van der Waals surface area contributed by atoms with Crippen LogP contribution < -0.4 is 10.6 Å². The van der Waals surface area contributed by atoms with Gasteiger partial charge in [-0.25, -0.2) is 4.79 Å². The summed E-state index contributed by atoms with van der Waals surface area (Å²) in [5, 5.41) is 7.44. The van der Waals surface area contributed by atoms with Crippen LogP contribution in [-0.2, 0) is 4.74 Å². The van der Waals surface area contributed by atoms with Gasteiger partial charge in [0.25, 0.3) is 0 Å². The minimum absolute atomic E-state index is 0.327. The molecule has 0 aliphatic rings. The number of unbranched alkanes of at least 4 members (excludes halogenated alkanes) is 1. The van der Waals surface area contributed by atoms with Crippen LogP contribution in [0.4, 0.5) is 11.4 Å². The molecule has 2 rings (SSSR count). The van der Waals surface area contributed by atoms with Gasteiger partial charge in [0.15, 0.2) is 5.11 Å². The molecule has 2 N–H and O–H groups in total. The number of halogens is 2. The van der Waals surface area contributed by atoms with Gasteiger partial charge in [-0.3, -0.25) is 0 Å². The van der Waals surface area contributed by atoms with Gasteiger partial charge >= 0.3 is 5.97 Å². The summed E-state index contributed by atoms with van der Waals surface area (Å²) in [7, 11) is 0. The van der Waals surface area contributed by atoms with Gasteiger partial charge in [-0.05, 0) is 61.1 Å². The van der Waals surface area contributed by atoms with E-state index in [0.717, 1.165) is 18.5 Å². The summed E-state index contributed by atoms with van der Waals surface area (Å²) in [6.07, 6.45) is 1.84. The molecule has 2 aromatic carbocycles. The number of esters is 1. The molecule has 0 heterocycles. The first-order valence-corrected chi connectivity index (χ1v) is 8.96. The van der Waals surface area contributed by atoms with Crippen LogP contribution in [0.15, 0.2) is 42.5 Å². The van der Waals surface area contributed by atoms with Crippen LogP contribution in [0.5, 0.6) is 0 Å². The Morgan fingerprint density at radius 1 is 1.12 bits per heavy atom. The average molecular weight is 397 g/mol. The highest BCUT2D eigenvalue weighted by atomic mass is 35.5. The molecule has 0 amide bonds. The van der Waals surface area contributed by atoms with E-state index >= 15 is 0 Å². The molecule has 2 aromatic rings. The first-order chi connectivity index (χ1) is 12.0. The van der Waals surface area contributed by atoms with Crippen molar-refractivity contribution >= 4 is 57.9 Å². The van der Waals surface area contributed by atoms with Gasteiger partial charge in [0, 0.05) is 10.7 Å². The molecule has 0 saturated carbocycles. The summed E-state index contributed by atoms with van der Waals surface area (Å²) >= 11 is 17.3. The van der Waals surface area contributed by atoms with Gasteiger partial charge in [-0.15, -0.1) is 0 Å². The molecule has 4 nitrogen and oxygen atoms in total. The summed E-state index contributed by atoms with van der Waals surface area (Å²) in [6.45, 7) is 2.48. The summed E-state index contributed by atoms with van der Waals surface area (Å²) in [6, 6.07) is 12.0. The van der Waals surface area contributed by atoms with Gasteiger partial charge in [0.2, 0.25) is 0 Å². The molecule has 0 radical (unpaired) electrons. The van der Waals surface area contributed by atoms with Crippen molar-refractivity contribution in [3.63, 3.8) is 0 Å². The molecule has 0 aromatic heterocycles. The van der Waals surface area contributed by atoms with E-state index in [-0.39, 0.29) is 5.97 Å². The second-order valence-corrected chi connectivity index (χ2v) is 6.52. The molecule has 0 unspecified atom stereocenters. The first-order valence-electron chi connectivity index (χ1n) is 7.80. The Labute approximate surface area is 162 Å². The minimum Gasteiger partial charge on any atom is -0.462 e. The van der Waals surface area contributed by atoms with Gasteiger partial charge in [-0.2, -0.15) is 0 Å². The number of anilines is 2. The highest BCUT2D eigenvalue weighted by molar-refractivity contribution is 7.80. The average Bonchev–Trinajstić information content (AvgIpc) is 2.59. The topological polar surface area (TPSA) is 50.4 Å². The number of carbonyl (C=O) groups excluding carboxylic acids is 1. The number of ether oxygens (including phenoxy) is 1. The third-order valence-electron chi connectivity index (χ3n) is 3.29. The molecule has 0 saturated heterocycles. The van der Waals surface area contributed by atoms with E-state index in [2.05, 4.69) is 10.6 Å². The van der Waals surface area contributed by atoms with Crippen molar-refractivity contribution in [3.8, 4) is 0 Å². The zero-order valence-electron chi connectivity index (χ0n) is 13.6. The number of nitrogens with one attached hydrogen (secondary N) is 2. The third-order valence-corrected chi connectivity index (χ3v) is 4.05. The number of thiocarbonyl (C=S) groups is 1. The third kappa shape index (κ3) is 6.20. The lowest BCUT2D eigenvalue weighted by Gasteiger charge is -2.12. The van der Waals surface area contributed by atoms with E-state index in [9.17, 15) is 4.79 Å². The van der Waals surface area contributed by atoms with Crippen molar-refractivity contribution in [3.05, 3.63) is 58.1 Å². The van der Waals surface area contributed by atoms with E-state index in [1.54, 1.807) is 42.5 Å². The fourth-order valence-corrected chi connectivity index (χ4v) is 2.52. The number of hydrogen-bond donors (Lipinski definition) is 2. The Morgan fingerprint density at radius 3 is 2.52 bits per heavy atom. The van der Waals surface area contributed by atoms with Crippen molar-refractivity contribution in [2.45, 2.75) is 19.8 Å². The maximum Gasteiger partial charge on any atom is 0.338 e. The van der Waals surface area contributed by atoms with Gasteiger partial charge in [-0.1, -0.05) is 36.5 Å². The van der Waals surface area contributed by atoms with Crippen LogP contribution in [0.3, 0.4) is 0 Å².